The molecule has 386 valence electrons. The summed E-state index contributed by atoms with van der Waals surface area (Å²) in [6, 6.07) is -3.00. The second-order valence-corrected chi connectivity index (χ2v) is 19.9. The maximum atomic E-state index is 12.4. The molecule has 0 saturated heterocycles. The quantitative estimate of drug-likeness (QED) is 0.0211. The number of nitrogens with two attached hydrogens (primary N) is 1. The van der Waals surface area contributed by atoms with E-state index >= 15 is 0 Å². The van der Waals surface area contributed by atoms with Crippen molar-refractivity contribution in [2.24, 2.45) is 16.6 Å². The molecule has 11 N–H and O–H groups in total. The average Bonchev–Trinajstić information content (AvgIpc) is 3.16. The van der Waals surface area contributed by atoms with Gasteiger partial charge in [0, 0.05) is 38.8 Å². The summed E-state index contributed by atoms with van der Waals surface area (Å²) in [5.74, 6) is -8.71. The van der Waals surface area contributed by atoms with Crippen molar-refractivity contribution in [3.8, 4) is 0 Å². The number of carbonyl (C=O) groups excluding carboxylic acids is 7. The highest BCUT2D eigenvalue weighted by Gasteiger charge is 2.34. The lowest BCUT2D eigenvalue weighted by atomic mass is 9.74. The van der Waals surface area contributed by atoms with E-state index in [-0.39, 0.29) is 104 Å². The lowest BCUT2D eigenvalue weighted by molar-refractivity contribution is -0.144. The summed E-state index contributed by atoms with van der Waals surface area (Å²) in [4.78, 5) is 107. The van der Waals surface area contributed by atoms with Crippen LogP contribution in [0.1, 0.15) is 79.1 Å². The minimum absolute atomic E-state index is 0.0209. The molecule has 0 radical (unpaired) electrons. The van der Waals surface area contributed by atoms with Crippen molar-refractivity contribution in [2.45, 2.75) is 91.1 Å². The van der Waals surface area contributed by atoms with Gasteiger partial charge in [-0.2, -0.15) is 8.42 Å². The molecule has 0 aromatic rings. The first kappa shape index (κ1) is 61.9. The van der Waals surface area contributed by atoms with Gasteiger partial charge in [0.15, 0.2) is 0 Å². The summed E-state index contributed by atoms with van der Waals surface area (Å²) in [5.41, 5.74) is 3.21. The van der Waals surface area contributed by atoms with E-state index in [1.807, 2.05) is 4.72 Å². The molecule has 0 aliphatic rings. The number of ether oxygens (including phenoxy) is 4. The number of primary amides is 1. The highest BCUT2D eigenvalue weighted by Crippen LogP contribution is 2.37. The zero-order valence-corrected chi connectivity index (χ0v) is 39.8. The maximum absolute atomic E-state index is 12.4. The molecule has 2 atom stereocenters. The minimum Gasteiger partial charge on any atom is -0.480 e. The molecular formula is C38H67N7O20S2. The van der Waals surface area contributed by atoms with Crippen LogP contribution in [0.2, 0.25) is 0 Å². The maximum Gasteiger partial charge on any atom is 0.326 e. The number of nitrogens with one attached hydrogen (secondary N) is 6. The fourth-order valence-electron chi connectivity index (χ4n) is 6.30. The van der Waals surface area contributed by atoms with Crippen LogP contribution in [0.5, 0.6) is 0 Å². The van der Waals surface area contributed by atoms with E-state index in [9.17, 15) is 74.8 Å². The molecule has 29 heteroatoms. The van der Waals surface area contributed by atoms with Gasteiger partial charge in [-0.15, -0.1) is 0 Å². The standard InChI is InChI=1S/C38H67N7O20S2/c1-37(2,24-38(3,4)25-67(59,60)61)20-32(50)45-66(57,58)19-5-6-29(47)40-11-13-62-16-18-65-23-34(52)44-27(36(55)56)8-10-31(49)43-26(35(53)54)7-9-30(48)41-12-14-63-15-17-64-22-33(51)42-21-28(39)46/h26-27H,5-25H2,1-4H3,(H2,39,46)(H,40,47)(H,41,48)(H,42,51)(H,43,49)(H,44,52)(H,45,50)(H,53,54)(H,55,56)(H,59,60,61)/t26-,27?/m1/s1. The number of rotatable bonds is 39. The Morgan fingerprint density at radius 2 is 1.04 bits per heavy atom. The Hall–Kier alpha value is -5.07. The minimum atomic E-state index is -4.27. The lowest BCUT2D eigenvalue weighted by Crippen LogP contribution is -2.45. The Morgan fingerprint density at radius 3 is 1.54 bits per heavy atom. The Morgan fingerprint density at radius 1 is 0.582 bits per heavy atom. The number of amides is 7. The molecular weight excluding hydrogens is 939 g/mol. The second-order valence-electron chi connectivity index (χ2n) is 16.6. The SMILES string of the molecule is CC(C)(CC(=O)NS(=O)(=O)CCCC(=O)NCCOCCOCC(=O)NC(CCC(=O)N[C@H](CCC(=O)NCCOCCOCC(=O)NCC(N)=O)C(=O)O)C(=O)O)CC(C)(C)CS(=O)(=O)O. The number of carboxylic acid groups (broad SMARTS) is 2. The van der Waals surface area contributed by atoms with E-state index in [0.717, 1.165) is 0 Å². The Bertz CT molecular complexity index is 1880. The van der Waals surface area contributed by atoms with E-state index in [4.69, 9.17) is 24.7 Å². The topological polar surface area (TPSA) is 418 Å². The number of hydrogen-bond donors (Lipinski definition) is 10. The molecule has 0 saturated carbocycles. The molecule has 0 heterocycles. The summed E-state index contributed by atoms with van der Waals surface area (Å²) >= 11 is 0. The third-order valence-corrected chi connectivity index (χ3v) is 11.2. The smallest absolute Gasteiger partial charge is 0.326 e. The van der Waals surface area contributed by atoms with Gasteiger partial charge in [-0.1, -0.05) is 27.7 Å². The fraction of sp³-hybridized carbons (Fsp3) is 0.763. The van der Waals surface area contributed by atoms with Crippen LogP contribution in [-0.4, -0.2) is 181 Å². The number of carbonyl (C=O) groups is 9. The van der Waals surface area contributed by atoms with Gasteiger partial charge in [-0.25, -0.2) is 18.0 Å². The molecule has 0 rings (SSSR count). The molecule has 0 aliphatic carbocycles. The van der Waals surface area contributed by atoms with Gasteiger partial charge < -0.3 is 61.5 Å². The van der Waals surface area contributed by atoms with Crippen molar-refractivity contribution in [1.29, 1.82) is 0 Å². The van der Waals surface area contributed by atoms with Crippen LogP contribution in [0.25, 0.3) is 0 Å². The number of sulfonamides is 1. The summed E-state index contributed by atoms with van der Waals surface area (Å²) < 4.78 is 79.2. The first-order valence-corrected chi connectivity index (χ1v) is 24.2. The number of carboxylic acids is 2. The summed E-state index contributed by atoms with van der Waals surface area (Å²) in [7, 11) is -8.34. The van der Waals surface area contributed by atoms with Gasteiger partial charge >= 0.3 is 11.9 Å². The lowest BCUT2D eigenvalue weighted by Gasteiger charge is -2.33. The zero-order chi connectivity index (χ0) is 51.3. The summed E-state index contributed by atoms with van der Waals surface area (Å²) in [6.07, 6.45) is -1.80. The molecule has 7 amide bonds. The normalized spacial score (nSPS) is 12.8. The van der Waals surface area contributed by atoms with Crippen LogP contribution in [0.3, 0.4) is 0 Å². The Balaban J connectivity index is 4.30. The van der Waals surface area contributed by atoms with Crippen molar-refractivity contribution in [1.82, 2.24) is 31.3 Å². The highest BCUT2D eigenvalue weighted by molar-refractivity contribution is 7.90. The van der Waals surface area contributed by atoms with E-state index in [1.165, 1.54) is 0 Å². The van der Waals surface area contributed by atoms with Gasteiger partial charge in [0.1, 0.15) is 25.3 Å². The van der Waals surface area contributed by atoms with Gasteiger partial charge in [0.25, 0.3) is 10.1 Å². The van der Waals surface area contributed by atoms with Gasteiger partial charge in [-0.3, -0.25) is 42.8 Å². The van der Waals surface area contributed by atoms with Gasteiger partial charge in [-0.05, 0) is 36.5 Å². The van der Waals surface area contributed by atoms with Crippen molar-refractivity contribution in [3.05, 3.63) is 0 Å². The summed E-state index contributed by atoms with van der Waals surface area (Å²) in [5, 5.41) is 30.7. The third kappa shape index (κ3) is 35.8. The zero-order valence-electron chi connectivity index (χ0n) is 38.2. The average molecular weight is 1010 g/mol. The molecule has 0 bridgehead atoms. The third-order valence-electron chi connectivity index (χ3n) is 8.65. The molecule has 0 fully saturated rings. The first-order valence-electron chi connectivity index (χ1n) is 20.9. The van der Waals surface area contributed by atoms with Crippen molar-refractivity contribution < 1.29 is 93.7 Å². The predicted octanol–water partition coefficient (Wildman–Crippen LogP) is -3.47. The molecule has 0 aliphatic heterocycles. The molecule has 1 unspecified atom stereocenters. The van der Waals surface area contributed by atoms with Crippen molar-refractivity contribution in [2.75, 3.05) is 84.0 Å². The van der Waals surface area contributed by atoms with Gasteiger partial charge in [0.05, 0.1) is 57.7 Å². The molecule has 0 aromatic heterocycles. The van der Waals surface area contributed by atoms with Crippen LogP contribution >= 0.6 is 0 Å². The predicted molar refractivity (Wildman–Crippen MR) is 233 cm³/mol. The van der Waals surface area contributed by atoms with Crippen molar-refractivity contribution in [3.63, 3.8) is 0 Å². The molecule has 0 spiro atoms. The van der Waals surface area contributed by atoms with Crippen LogP contribution in [0.15, 0.2) is 0 Å². The van der Waals surface area contributed by atoms with Crippen LogP contribution < -0.4 is 37.0 Å². The number of aliphatic carboxylic acids is 2. The van der Waals surface area contributed by atoms with E-state index in [0.29, 0.717) is 0 Å². The Kier molecular flexibility index (Phi) is 29.4. The van der Waals surface area contributed by atoms with Gasteiger partial charge in [0.2, 0.25) is 51.4 Å². The molecule has 27 nitrogen and oxygen atoms in total. The van der Waals surface area contributed by atoms with E-state index in [1.54, 1.807) is 27.7 Å². The first-order chi connectivity index (χ1) is 31.0. The fourth-order valence-corrected chi connectivity index (χ4v) is 8.43. The molecule has 67 heavy (non-hydrogen) atoms. The number of hydrogen-bond acceptors (Lipinski definition) is 17. The highest BCUT2D eigenvalue weighted by atomic mass is 32.2. The van der Waals surface area contributed by atoms with Crippen LogP contribution in [0.4, 0.5) is 0 Å². The van der Waals surface area contributed by atoms with Crippen molar-refractivity contribution >= 4 is 73.4 Å². The van der Waals surface area contributed by atoms with Crippen LogP contribution in [-0.2, 0) is 82.2 Å². The van der Waals surface area contributed by atoms with E-state index in [2.05, 4.69) is 26.6 Å². The van der Waals surface area contributed by atoms with E-state index < -0.39 is 127 Å². The second kappa shape index (κ2) is 31.8. The van der Waals surface area contributed by atoms with Crippen LogP contribution in [0, 0.1) is 10.8 Å². The summed E-state index contributed by atoms with van der Waals surface area (Å²) in [6.45, 7) is 5.53. The monoisotopic (exact) mass is 1010 g/mol. The largest absolute Gasteiger partial charge is 0.480 e. The molecule has 0 aromatic carbocycles. The Labute approximate surface area is 389 Å².